The Hall–Kier alpha value is -1.18. The van der Waals surface area contributed by atoms with Gasteiger partial charge in [-0.15, -0.1) is 0 Å². The van der Waals surface area contributed by atoms with Crippen LogP contribution in [-0.4, -0.2) is 33.2 Å². The number of aromatic amines is 1. The molecule has 0 saturated carbocycles. The third-order valence-corrected chi connectivity index (χ3v) is 4.89. The van der Waals surface area contributed by atoms with Gasteiger partial charge in [-0.05, 0) is 18.3 Å². The van der Waals surface area contributed by atoms with Gasteiger partial charge in [0.15, 0.2) is 0 Å². The summed E-state index contributed by atoms with van der Waals surface area (Å²) in [6.45, 7) is 3.62. The van der Waals surface area contributed by atoms with E-state index in [1.165, 1.54) is 18.5 Å². The van der Waals surface area contributed by atoms with Gasteiger partial charge >= 0.3 is 0 Å². The number of H-pyrrole nitrogens is 1. The lowest BCUT2D eigenvalue weighted by Crippen LogP contribution is -2.40. The zero-order chi connectivity index (χ0) is 13.9. The Bertz CT molecular complexity index is 588. The van der Waals surface area contributed by atoms with Crippen molar-refractivity contribution in [3.8, 4) is 0 Å². The number of pyridine rings is 1. The number of ether oxygens (including phenoxy) is 1. The summed E-state index contributed by atoms with van der Waals surface area (Å²) in [5, 5.41) is 0. The fourth-order valence-corrected chi connectivity index (χ4v) is 3.25. The summed E-state index contributed by atoms with van der Waals surface area (Å²) in [6.07, 6.45) is 4.22. The summed E-state index contributed by atoms with van der Waals surface area (Å²) in [7, 11) is -3.76. The first-order valence-electron chi connectivity index (χ1n) is 6.18. The highest BCUT2D eigenvalue weighted by Crippen LogP contribution is 2.29. The molecule has 6 nitrogen and oxygen atoms in total. The van der Waals surface area contributed by atoms with E-state index < -0.39 is 15.5 Å². The maximum Gasteiger partial charge on any atom is 0.245 e. The van der Waals surface area contributed by atoms with Crippen molar-refractivity contribution in [2.75, 3.05) is 19.8 Å². The molecular weight excluding hydrogens is 268 g/mol. The first-order chi connectivity index (χ1) is 8.93. The minimum absolute atomic E-state index is 0.118. The van der Waals surface area contributed by atoms with Crippen molar-refractivity contribution in [3.63, 3.8) is 0 Å². The van der Waals surface area contributed by atoms with E-state index in [0.29, 0.717) is 19.8 Å². The summed E-state index contributed by atoms with van der Waals surface area (Å²) < 4.78 is 31.9. The van der Waals surface area contributed by atoms with E-state index in [1.807, 2.05) is 6.92 Å². The topological polar surface area (TPSA) is 88.3 Å². The lowest BCUT2D eigenvalue weighted by Gasteiger charge is -2.33. The Morgan fingerprint density at radius 2 is 2.11 bits per heavy atom. The monoisotopic (exact) mass is 286 g/mol. The van der Waals surface area contributed by atoms with Gasteiger partial charge in [-0.1, -0.05) is 6.92 Å². The van der Waals surface area contributed by atoms with Crippen molar-refractivity contribution in [2.24, 2.45) is 5.41 Å². The largest absolute Gasteiger partial charge is 0.381 e. The molecule has 0 aromatic carbocycles. The first kappa shape index (κ1) is 14.2. The first-order valence-corrected chi connectivity index (χ1v) is 7.66. The van der Waals surface area contributed by atoms with Gasteiger partial charge in [-0.3, -0.25) is 4.79 Å². The molecule has 0 unspecified atom stereocenters. The summed E-state index contributed by atoms with van der Waals surface area (Å²) >= 11 is 0. The van der Waals surface area contributed by atoms with Crippen LogP contribution in [0.3, 0.4) is 0 Å². The molecule has 1 fully saturated rings. The Morgan fingerprint density at radius 1 is 1.42 bits per heavy atom. The second-order valence-corrected chi connectivity index (χ2v) is 6.86. The van der Waals surface area contributed by atoms with Crippen LogP contribution in [0.1, 0.15) is 19.8 Å². The van der Waals surface area contributed by atoms with Crippen LogP contribution < -0.4 is 10.2 Å². The van der Waals surface area contributed by atoms with Crippen LogP contribution in [0.2, 0.25) is 0 Å². The molecule has 106 valence electrons. The minimum atomic E-state index is -3.76. The molecule has 0 atom stereocenters. The van der Waals surface area contributed by atoms with E-state index >= 15 is 0 Å². The molecule has 1 aliphatic rings. The third kappa shape index (κ3) is 3.43. The Morgan fingerprint density at radius 3 is 2.74 bits per heavy atom. The van der Waals surface area contributed by atoms with Gasteiger partial charge in [-0.25, -0.2) is 13.1 Å². The number of hydrogen-bond acceptors (Lipinski definition) is 4. The SMILES string of the molecule is CC1(CNS(=O)(=O)c2c[nH]ccc2=O)CCOCC1. The van der Waals surface area contributed by atoms with E-state index in [2.05, 4.69) is 9.71 Å². The molecule has 1 aromatic rings. The number of aromatic nitrogens is 1. The van der Waals surface area contributed by atoms with Crippen LogP contribution in [0.5, 0.6) is 0 Å². The Labute approximate surface area is 112 Å². The van der Waals surface area contributed by atoms with Gasteiger partial charge < -0.3 is 9.72 Å². The minimum Gasteiger partial charge on any atom is -0.381 e. The quantitative estimate of drug-likeness (QED) is 0.842. The number of hydrogen-bond donors (Lipinski definition) is 2. The van der Waals surface area contributed by atoms with Crippen LogP contribution in [0, 0.1) is 5.41 Å². The summed E-state index contributed by atoms with van der Waals surface area (Å²) in [4.78, 5) is 13.9. The van der Waals surface area contributed by atoms with Crippen molar-refractivity contribution in [1.29, 1.82) is 0 Å². The molecule has 1 aliphatic heterocycles. The highest BCUT2D eigenvalue weighted by molar-refractivity contribution is 7.89. The van der Waals surface area contributed by atoms with Crippen LogP contribution >= 0.6 is 0 Å². The van der Waals surface area contributed by atoms with Gasteiger partial charge in [-0.2, -0.15) is 0 Å². The van der Waals surface area contributed by atoms with E-state index in [1.54, 1.807) is 0 Å². The fourth-order valence-electron chi connectivity index (χ4n) is 2.00. The molecule has 0 bridgehead atoms. The van der Waals surface area contributed by atoms with Gasteiger partial charge in [0.25, 0.3) is 0 Å². The molecular formula is C12H18N2O4S. The maximum absolute atomic E-state index is 12.1. The summed E-state index contributed by atoms with van der Waals surface area (Å²) in [6, 6.07) is 1.20. The van der Waals surface area contributed by atoms with Crippen LogP contribution in [0.25, 0.3) is 0 Å². The molecule has 0 spiro atoms. The lowest BCUT2D eigenvalue weighted by molar-refractivity contribution is 0.0264. The van der Waals surface area contributed by atoms with E-state index in [0.717, 1.165) is 12.8 Å². The molecule has 2 N–H and O–H groups in total. The Kier molecular flexibility index (Phi) is 4.07. The standard InChI is InChI=1S/C12H18N2O4S/c1-12(3-6-18-7-4-12)9-14-19(16,17)11-8-13-5-2-10(11)15/h2,5,8,14H,3-4,6-7,9H2,1H3,(H,13,15). The molecule has 7 heteroatoms. The fraction of sp³-hybridized carbons (Fsp3) is 0.583. The highest BCUT2D eigenvalue weighted by Gasteiger charge is 2.29. The molecule has 0 radical (unpaired) electrons. The van der Waals surface area contributed by atoms with Crippen molar-refractivity contribution in [1.82, 2.24) is 9.71 Å². The Balaban J connectivity index is 2.10. The van der Waals surface area contributed by atoms with E-state index in [4.69, 9.17) is 4.74 Å². The lowest BCUT2D eigenvalue weighted by atomic mass is 9.83. The van der Waals surface area contributed by atoms with Crippen LogP contribution in [0.4, 0.5) is 0 Å². The molecule has 0 aliphatic carbocycles. The van der Waals surface area contributed by atoms with Crippen LogP contribution in [0.15, 0.2) is 28.2 Å². The van der Waals surface area contributed by atoms with Gasteiger partial charge in [0.05, 0.1) is 0 Å². The highest BCUT2D eigenvalue weighted by atomic mass is 32.2. The van der Waals surface area contributed by atoms with Gasteiger partial charge in [0.2, 0.25) is 15.5 Å². The molecule has 0 amide bonds. The third-order valence-electron chi connectivity index (χ3n) is 3.47. The number of nitrogens with one attached hydrogen (secondary N) is 2. The number of rotatable bonds is 4. The second-order valence-electron chi connectivity index (χ2n) is 5.12. The van der Waals surface area contributed by atoms with Gasteiger partial charge in [0.1, 0.15) is 4.90 Å². The maximum atomic E-state index is 12.1. The average molecular weight is 286 g/mol. The van der Waals surface area contributed by atoms with E-state index in [9.17, 15) is 13.2 Å². The molecule has 2 rings (SSSR count). The molecule has 1 aromatic heterocycles. The molecule has 1 saturated heterocycles. The normalized spacial score (nSPS) is 19.2. The van der Waals surface area contributed by atoms with Crippen molar-refractivity contribution < 1.29 is 13.2 Å². The van der Waals surface area contributed by atoms with E-state index in [-0.39, 0.29) is 10.3 Å². The second kappa shape index (κ2) is 5.44. The average Bonchev–Trinajstić information content (AvgIpc) is 2.38. The van der Waals surface area contributed by atoms with Crippen molar-refractivity contribution in [3.05, 3.63) is 28.7 Å². The van der Waals surface area contributed by atoms with Gasteiger partial charge in [0, 0.05) is 38.2 Å². The van der Waals surface area contributed by atoms with Crippen molar-refractivity contribution in [2.45, 2.75) is 24.7 Å². The van der Waals surface area contributed by atoms with Crippen LogP contribution in [-0.2, 0) is 14.8 Å². The number of sulfonamides is 1. The predicted octanol–water partition coefficient (Wildman–Crippen LogP) is 0.470. The summed E-state index contributed by atoms with van der Waals surface area (Å²) in [5.74, 6) is 0. The predicted molar refractivity (Wildman–Crippen MR) is 70.4 cm³/mol. The zero-order valence-electron chi connectivity index (χ0n) is 10.8. The molecule has 2 heterocycles. The van der Waals surface area contributed by atoms with Crippen molar-refractivity contribution >= 4 is 10.0 Å². The smallest absolute Gasteiger partial charge is 0.245 e. The summed E-state index contributed by atoms with van der Waals surface area (Å²) in [5.41, 5.74) is -0.629. The zero-order valence-corrected chi connectivity index (χ0v) is 11.6. The molecule has 19 heavy (non-hydrogen) atoms.